The molecular formula is C17H24N4O. The number of amides is 1. The van der Waals surface area contributed by atoms with E-state index in [2.05, 4.69) is 27.1 Å². The van der Waals surface area contributed by atoms with E-state index < -0.39 is 0 Å². The molecule has 0 saturated carbocycles. The molecule has 5 heteroatoms. The number of piperidine rings is 1. The fourth-order valence-corrected chi connectivity index (χ4v) is 3.09. The zero-order chi connectivity index (χ0) is 15.4. The van der Waals surface area contributed by atoms with Crippen molar-refractivity contribution < 1.29 is 4.79 Å². The van der Waals surface area contributed by atoms with Gasteiger partial charge in [-0.05, 0) is 37.9 Å². The van der Waals surface area contributed by atoms with Gasteiger partial charge in [-0.1, -0.05) is 13.3 Å². The number of carbonyl (C=O) groups excluding carboxylic acids is 1. The topological polar surface area (TPSA) is 61.0 Å². The zero-order valence-corrected chi connectivity index (χ0v) is 13.1. The number of pyridine rings is 1. The van der Waals surface area contributed by atoms with Crippen molar-refractivity contribution in [2.24, 2.45) is 0 Å². The summed E-state index contributed by atoms with van der Waals surface area (Å²) in [5.74, 6) is 0.00579. The summed E-state index contributed by atoms with van der Waals surface area (Å²) < 4.78 is 0. The highest BCUT2D eigenvalue weighted by molar-refractivity contribution is 6.05. The van der Waals surface area contributed by atoms with Crippen LogP contribution >= 0.6 is 0 Å². The predicted octanol–water partition coefficient (Wildman–Crippen LogP) is 2.56. The second-order valence-electron chi connectivity index (χ2n) is 6.04. The van der Waals surface area contributed by atoms with Gasteiger partial charge in [0.25, 0.3) is 5.91 Å². The maximum Gasteiger partial charge on any atom is 0.253 e. The minimum atomic E-state index is 0.00579. The van der Waals surface area contributed by atoms with Gasteiger partial charge in [0.1, 0.15) is 5.65 Å². The van der Waals surface area contributed by atoms with Gasteiger partial charge in [0.05, 0.1) is 5.56 Å². The van der Waals surface area contributed by atoms with E-state index in [4.69, 9.17) is 0 Å². The van der Waals surface area contributed by atoms with Crippen LogP contribution in [0.2, 0.25) is 0 Å². The summed E-state index contributed by atoms with van der Waals surface area (Å²) in [5.41, 5.74) is 1.46. The van der Waals surface area contributed by atoms with Gasteiger partial charge < -0.3 is 15.2 Å². The molecule has 1 aliphatic heterocycles. The van der Waals surface area contributed by atoms with E-state index in [0.717, 1.165) is 37.0 Å². The molecule has 2 N–H and O–H groups in total. The fraction of sp³-hybridized carbons (Fsp3) is 0.529. The highest BCUT2D eigenvalue weighted by atomic mass is 16.1. The molecule has 0 aliphatic carbocycles. The van der Waals surface area contributed by atoms with Crippen LogP contribution < -0.4 is 5.32 Å². The normalized spacial score (nSPS) is 17.0. The first kappa shape index (κ1) is 15.0. The van der Waals surface area contributed by atoms with Crippen LogP contribution in [0.1, 0.15) is 43.0 Å². The lowest BCUT2D eigenvalue weighted by atomic mass is 10.0. The highest BCUT2D eigenvalue weighted by Gasteiger charge is 2.21. The molecule has 2 aromatic heterocycles. The number of hydrogen-bond donors (Lipinski definition) is 2. The molecule has 0 bridgehead atoms. The van der Waals surface area contributed by atoms with Gasteiger partial charge in [0.15, 0.2) is 0 Å². The molecule has 2 aromatic rings. The first-order valence-electron chi connectivity index (χ1n) is 8.23. The number of aromatic nitrogens is 2. The molecule has 0 unspecified atom stereocenters. The molecule has 0 spiro atoms. The van der Waals surface area contributed by atoms with Crippen molar-refractivity contribution in [3.8, 4) is 0 Å². The van der Waals surface area contributed by atoms with Gasteiger partial charge in [0.2, 0.25) is 0 Å². The quantitative estimate of drug-likeness (QED) is 0.892. The lowest BCUT2D eigenvalue weighted by molar-refractivity contribution is 0.0912. The second kappa shape index (κ2) is 6.92. The van der Waals surface area contributed by atoms with Crippen molar-refractivity contribution in [2.45, 2.75) is 38.6 Å². The lowest BCUT2D eigenvalue weighted by Gasteiger charge is -2.32. The van der Waals surface area contributed by atoms with Gasteiger partial charge in [-0.2, -0.15) is 0 Å². The molecular weight excluding hydrogens is 276 g/mol. The molecule has 3 heterocycles. The van der Waals surface area contributed by atoms with Crippen molar-refractivity contribution in [3.05, 3.63) is 30.1 Å². The molecule has 3 rings (SSSR count). The van der Waals surface area contributed by atoms with Crippen LogP contribution in [0.4, 0.5) is 0 Å². The summed E-state index contributed by atoms with van der Waals surface area (Å²) in [4.78, 5) is 22.3. The molecule has 0 atom stereocenters. The summed E-state index contributed by atoms with van der Waals surface area (Å²) in [6.45, 7) is 5.58. The Balaban J connectivity index is 1.57. The number of nitrogens with zero attached hydrogens (tertiary/aromatic N) is 2. The predicted molar refractivity (Wildman–Crippen MR) is 87.9 cm³/mol. The summed E-state index contributed by atoms with van der Waals surface area (Å²) in [5, 5.41) is 4.07. The van der Waals surface area contributed by atoms with Gasteiger partial charge in [-0.15, -0.1) is 0 Å². The van der Waals surface area contributed by atoms with Crippen LogP contribution in [-0.2, 0) is 0 Å². The monoisotopic (exact) mass is 300 g/mol. The number of H-pyrrole nitrogens is 1. The minimum Gasteiger partial charge on any atom is -0.349 e. The van der Waals surface area contributed by atoms with Crippen LogP contribution in [0, 0.1) is 0 Å². The van der Waals surface area contributed by atoms with Gasteiger partial charge >= 0.3 is 0 Å². The number of fused-ring (bicyclic) bond motifs is 1. The third-order valence-corrected chi connectivity index (χ3v) is 4.45. The molecule has 1 saturated heterocycles. The van der Waals surface area contributed by atoms with E-state index in [-0.39, 0.29) is 11.9 Å². The number of likely N-dealkylation sites (tertiary alicyclic amines) is 1. The van der Waals surface area contributed by atoms with Crippen molar-refractivity contribution in [3.63, 3.8) is 0 Å². The number of carbonyl (C=O) groups is 1. The number of hydrogen-bond acceptors (Lipinski definition) is 3. The number of unbranched alkanes of at least 4 members (excludes halogenated alkanes) is 1. The van der Waals surface area contributed by atoms with E-state index in [1.165, 1.54) is 19.4 Å². The van der Waals surface area contributed by atoms with Gasteiger partial charge in [0, 0.05) is 36.9 Å². The third-order valence-electron chi connectivity index (χ3n) is 4.45. The van der Waals surface area contributed by atoms with Crippen LogP contribution in [0.5, 0.6) is 0 Å². The van der Waals surface area contributed by atoms with Crippen LogP contribution in [0.15, 0.2) is 24.5 Å². The molecule has 118 valence electrons. The average molecular weight is 300 g/mol. The maximum absolute atomic E-state index is 12.5. The van der Waals surface area contributed by atoms with Crippen molar-refractivity contribution in [1.29, 1.82) is 0 Å². The lowest BCUT2D eigenvalue weighted by Crippen LogP contribution is -2.44. The molecule has 0 aromatic carbocycles. The standard InChI is InChI=1S/C17H24N4O/c1-2-3-9-21-10-6-13(7-11-21)20-17(22)15-12-19-16-14(15)5-4-8-18-16/h4-5,8,12-13H,2-3,6-7,9-11H2,1H3,(H,18,19)(H,20,22). The van der Waals surface area contributed by atoms with Crippen LogP contribution in [-0.4, -0.2) is 46.5 Å². The number of rotatable bonds is 5. The SMILES string of the molecule is CCCCN1CCC(NC(=O)c2c[nH]c3ncccc23)CC1. The van der Waals surface area contributed by atoms with Crippen molar-refractivity contribution >= 4 is 16.9 Å². The minimum absolute atomic E-state index is 0.00579. The number of aromatic amines is 1. The first-order chi connectivity index (χ1) is 10.8. The Morgan fingerprint density at radius 3 is 3.05 bits per heavy atom. The third kappa shape index (κ3) is 3.30. The van der Waals surface area contributed by atoms with E-state index in [1.54, 1.807) is 12.4 Å². The Bertz CT molecular complexity index is 628. The van der Waals surface area contributed by atoms with E-state index in [0.29, 0.717) is 5.56 Å². The Morgan fingerprint density at radius 1 is 1.45 bits per heavy atom. The van der Waals surface area contributed by atoms with E-state index >= 15 is 0 Å². The Hall–Kier alpha value is -1.88. The smallest absolute Gasteiger partial charge is 0.253 e. The van der Waals surface area contributed by atoms with Gasteiger partial charge in [-0.3, -0.25) is 4.79 Å². The zero-order valence-electron chi connectivity index (χ0n) is 13.1. The largest absolute Gasteiger partial charge is 0.349 e. The molecule has 22 heavy (non-hydrogen) atoms. The summed E-state index contributed by atoms with van der Waals surface area (Å²) in [6, 6.07) is 4.08. The fourth-order valence-electron chi connectivity index (χ4n) is 3.09. The Labute approximate surface area is 131 Å². The second-order valence-corrected chi connectivity index (χ2v) is 6.04. The Morgan fingerprint density at radius 2 is 2.27 bits per heavy atom. The van der Waals surface area contributed by atoms with Crippen molar-refractivity contribution in [1.82, 2.24) is 20.2 Å². The van der Waals surface area contributed by atoms with Gasteiger partial charge in [-0.25, -0.2) is 4.98 Å². The highest BCUT2D eigenvalue weighted by Crippen LogP contribution is 2.17. The molecule has 1 fully saturated rings. The average Bonchev–Trinajstić information content (AvgIpc) is 2.98. The van der Waals surface area contributed by atoms with Crippen LogP contribution in [0.25, 0.3) is 11.0 Å². The first-order valence-corrected chi connectivity index (χ1v) is 8.23. The summed E-state index contributed by atoms with van der Waals surface area (Å²) in [6.07, 6.45) is 8.06. The summed E-state index contributed by atoms with van der Waals surface area (Å²) in [7, 11) is 0. The molecule has 1 aliphatic rings. The molecule has 0 radical (unpaired) electrons. The maximum atomic E-state index is 12.5. The van der Waals surface area contributed by atoms with Crippen molar-refractivity contribution in [2.75, 3.05) is 19.6 Å². The summed E-state index contributed by atoms with van der Waals surface area (Å²) >= 11 is 0. The van der Waals surface area contributed by atoms with E-state index in [9.17, 15) is 4.79 Å². The number of nitrogens with one attached hydrogen (secondary N) is 2. The van der Waals surface area contributed by atoms with Crippen LogP contribution in [0.3, 0.4) is 0 Å². The molecule has 1 amide bonds. The Kier molecular flexibility index (Phi) is 4.73. The van der Waals surface area contributed by atoms with E-state index in [1.807, 2.05) is 12.1 Å². The molecule has 5 nitrogen and oxygen atoms in total.